The van der Waals surface area contributed by atoms with Crippen molar-refractivity contribution in [3.05, 3.63) is 47.7 Å². The molecule has 1 aromatic heterocycles. The number of carboxylic acids is 1. The first-order valence-electron chi connectivity index (χ1n) is 6.81. The highest BCUT2D eigenvalue weighted by Gasteiger charge is 2.28. The zero-order valence-electron chi connectivity index (χ0n) is 12.5. The summed E-state index contributed by atoms with van der Waals surface area (Å²) in [7, 11) is 0. The van der Waals surface area contributed by atoms with Gasteiger partial charge in [0.05, 0.1) is 15.9 Å². The van der Waals surface area contributed by atoms with Crippen molar-refractivity contribution in [2.45, 2.75) is 13.0 Å². The lowest BCUT2D eigenvalue weighted by molar-refractivity contribution is -0.385. The number of carbonyl (C=O) groups excluding carboxylic acids is 1. The summed E-state index contributed by atoms with van der Waals surface area (Å²) in [5.41, 5.74) is -0.272. The first-order valence-corrected chi connectivity index (χ1v) is 8.04. The lowest BCUT2D eigenvalue weighted by Gasteiger charge is -2.09. The molecule has 0 radical (unpaired) electrons. The number of aromatic nitrogens is 1. The van der Waals surface area contributed by atoms with E-state index in [1.807, 2.05) is 0 Å². The summed E-state index contributed by atoms with van der Waals surface area (Å²) in [5.74, 6) is -2.38. The van der Waals surface area contributed by atoms with Crippen molar-refractivity contribution >= 4 is 46.7 Å². The van der Waals surface area contributed by atoms with Crippen LogP contribution in [0.2, 0.25) is 0 Å². The number of fused-ring (bicyclic) bond motifs is 1. The zero-order valence-corrected chi connectivity index (χ0v) is 14.1. The Hall–Kier alpha value is -2.92. The maximum Gasteiger partial charge on any atom is 0.326 e. The molecule has 1 aromatic carbocycles. The van der Waals surface area contributed by atoms with Crippen LogP contribution in [0.15, 0.2) is 23.2 Å². The van der Waals surface area contributed by atoms with Crippen molar-refractivity contribution in [3.8, 4) is 5.88 Å². The summed E-state index contributed by atoms with van der Waals surface area (Å²) in [6.45, 7) is 1.33. The molecule has 0 saturated carbocycles. The topological polar surface area (TPSA) is 135 Å². The van der Waals surface area contributed by atoms with Gasteiger partial charge in [0.2, 0.25) is 5.88 Å². The second kappa shape index (κ2) is 5.86. The van der Waals surface area contributed by atoms with Crippen LogP contribution < -0.4 is 10.6 Å². The highest BCUT2D eigenvalue weighted by molar-refractivity contribution is 7.73. The van der Waals surface area contributed by atoms with E-state index in [0.717, 1.165) is 15.9 Å². The lowest BCUT2D eigenvalue weighted by atomic mass is 10.1. The molecular weight excluding hydrogens is 370 g/mol. The fourth-order valence-electron chi connectivity index (χ4n) is 2.43. The summed E-state index contributed by atoms with van der Waals surface area (Å²) >= 11 is 5.93. The van der Waals surface area contributed by atoms with Gasteiger partial charge < -0.3 is 10.2 Å². The van der Waals surface area contributed by atoms with E-state index in [0.29, 0.717) is 0 Å². The van der Waals surface area contributed by atoms with E-state index in [9.17, 15) is 24.8 Å². The van der Waals surface area contributed by atoms with Crippen molar-refractivity contribution in [3.63, 3.8) is 0 Å². The SMILES string of the molecule is C[C@@H](C(=O)O)n1c(O)c(C2=c3cc([N+](=O)[O-])ccc3=NC2=O)sc1=S. The summed E-state index contributed by atoms with van der Waals surface area (Å²) in [5, 5.41) is 30.9. The van der Waals surface area contributed by atoms with Gasteiger partial charge in [0, 0.05) is 17.4 Å². The van der Waals surface area contributed by atoms with Gasteiger partial charge in [-0.05, 0) is 25.2 Å². The van der Waals surface area contributed by atoms with Crippen molar-refractivity contribution < 1.29 is 24.7 Å². The minimum atomic E-state index is -1.21. The number of benzene rings is 1. The largest absolute Gasteiger partial charge is 0.493 e. The van der Waals surface area contributed by atoms with Gasteiger partial charge >= 0.3 is 5.97 Å². The third-order valence-corrected chi connectivity index (χ3v) is 5.09. The molecule has 0 aliphatic carbocycles. The monoisotopic (exact) mass is 379 g/mol. The summed E-state index contributed by atoms with van der Waals surface area (Å²) in [6.07, 6.45) is 0. The fraction of sp³-hybridized carbons (Fsp3) is 0.143. The molecule has 1 aliphatic heterocycles. The van der Waals surface area contributed by atoms with E-state index in [2.05, 4.69) is 4.99 Å². The smallest absolute Gasteiger partial charge is 0.326 e. The Morgan fingerprint density at radius 1 is 1.48 bits per heavy atom. The van der Waals surface area contributed by atoms with Gasteiger partial charge in [-0.1, -0.05) is 0 Å². The molecule has 1 amide bonds. The van der Waals surface area contributed by atoms with E-state index >= 15 is 0 Å². The van der Waals surface area contributed by atoms with Crippen LogP contribution in [0.25, 0.3) is 5.57 Å². The molecule has 0 bridgehead atoms. The maximum atomic E-state index is 12.3. The van der Waals surface area contributed by atoms with E-state index in [4.69, 9.17) is 17.3 Å². The molecule has 0 spiro atoms. The van der Waals surface area contributed by atoms with Crippen LogP contribution in [-0.4, -0.2) is 31.6 Å². The summed E-state index contributed by atoms with van der Waals surface area (Å²) in [6, 6.07) is 2.60. The Balaban J connectivity index is 2.33. The molecular formula is C14H9N3O6S2. The average molecular weight is 379 g/mol. The number of aromatic hydroxyl groups is 1. The van der Waals surface area contributed by atoms with Crippen LogP contribution in [0.1, 0.15) is 17.8 Å². The number of non-ortho nitro benzene ring substituents is 1. The van der Waals surface area contributed by atoms with Crippen LogP contribution in [0.3, 0.4) is 0 Å². The first kappa shape index (κ1) is 16.9. The van der Waals surface area contributed by atoms with Gasteiger partial charge in [0.15, 0.2) is 3.95 Å². The zero-order chi connectivity index (χ0) is 18.5. The number of amides is 1. The van der Waals surface area contributed by atoms with E-state index in [-0.39, 0.29) is 30.7 Å². The van der Waals surface area contributed by atoms with Crippen LogP contribution >= 0.6 is 23.6 Å². The molecule has 0 fully saturated rings. The number of hydrogen-bond donors (Lipinski definition) is 2. The third kappa shape index (κ3) is 2.62. The number of thiazole rings is 1. The minimum Gasteiger partial charge on any atom is -0.493 e. The Morgan fingerprint density at radius 3 is 2.76 bits per heavy atom. The lowest BCUT2D eigenvalue weighted by Crippen LogP contribution is -2.23. The van der Waals surface area contributed by atoms with Crippen LogP contribution in [0.4, 0.5) is 5.69 Å². The molecule has 1 aliphatic rings. The normalized spacial score (nSPS) is 14.1. The van der Waals surface area contributed by atoms with Gasteiger partial charge in [-0.3, -0.25) is 19.5 Å². The molecule has 2 heterocycles. The number of carbonyl (C=O) groups is 2. The molecule has 128 valence electrons. The highest BCUT2D eigenvalue weighted by atomic mass is 32.1. The highest BCUT2D eigenvalue weighted by Crippen LogP contribution is 2.35. The van der Waals surface area contributed by atoms with Crippen LogP contribution in [0.5, 0.6) is 5.88 Å². The molecule has 0 unspecified atom stereocenters. The number of carboxylic acid groups (broad SMARTS) is 1. The second-order valence-electron chi connectivity index (χ2n) is 5.16. The first-order chi connectivity index (χ1) is 11.7. The number of nitro groups is 1. The predicted molar refractivity (Wildman–Crippen MR) is 88.5 cm³/mol. The minimum absolute atomic E-state index is 0.0334. The Kier molecular flexibility index (Phi) is 3.97. The van der Waals surface area contributed by atoms with Crippen LogP contribution in [0, 0.1) is 14.1 Å². The predicted octanol–water partition coefficient (Wildman–Crippen LogP) is 0.897. The number of aliphatic carboxylic acids is 1. The van der Waals surface area contributed by atoms with Gasteiger partial charge in [-0.2, -0.15) is 0 Å². The van der Waals surface area contributed by atoms with E-state index < -0.39 is 28.7 Å². The van der Waals surface area contributed by atoms with Crippen molar-refractivity contribution in [2.24, 2.45) is 4.99 Å². The fourth-order valence-corrected chi connectivity index (χ4v) is 3.93. The van der Waals surface area contributed by atoms with Gasteiger partial charge in [0.25, 0.3) is 11.6 Å². The number of nitrogens with zero attached hydrogens (tertiary/aromatic N) is 3. The molecule has 25 heavy (non-hydrogen) atoms. The van der Waals surface area contributed by atoms with Crippen molar-refractivity contribution in [1.82, 2.24) is 4.57 Å². The number of rotatable bonds is 4. The molecule has 2 aromatic rings. The number of hydrogen-bond acceptors (Lipinski definition) is 7. The van der Waals surface area contributed by atoms with Gasteiger partial charge in [0.1, 0.15) is 10.9 Å². The van der Waals surface area contributed by atoms with Gasteiger partial charge in [-0.15, -0.1) is 11.3 Å². The summed E-state index contributed by atoms with van der Waals surface area (Å²) < 4.78 is 1.06. The third-order valence-electron chi connectivity index (χ3n) is 3.69. The summed E-state index contributed by atoms with van der Waals surface area (Å²) in [4.78, 5) is 37.6. The molecule has 11 heteroatoms. The maximum absolute atomic E-state index is 12.3. The Labute approximate surface area is 148 Å². The second-order valence-corrected chi connectivity index (χ2v) is 6.80. The van der Waals surface area contributed by atoms with Crippen LogP contribution in [-0.2, 0) is 9.59 Å². The van der Waals surface area contributed by atoms with E-state index in [1.54, 1.807) is 0 Å². The molecule has 2 N–H and O–H groups in total. The van der Waals surface area contributed by atoms with Gasteiger partial charge in [-0.25, -0.2) is 9.79 Å². The molecule has 3 rings (SSSR count). The number of nitro benzene ring substituents is 1. The molecule has 0 saturated heterocycles. The standard InChI is InChI=1S/C14H9N3O6S2/c1-5(13(20)21)16-12(19)10(25-14(16)24)9-7-4-6(17(22)23)2-3-8(7)15-11(9)18/h2-5,19H,1H3,(H,20,21)/t5-/m0/s1. The van der Waals surface area contributed by atoms with Crippen molar-refractivity contribution in [2.75, 3.05) is 0 Å². The Bertz CT molecular complexity index is 1130. The molecule has 9 nitrogen and oxygen atoms in total. The quantitative estimate of drug-likeness (QED) is 0.458. The van der Waals surface area contributed by atoms with Crippen molar-refractivity contribution in [1.29, 1.82) is 0 Å². The Morgan fingerprint density at radius 2 is 2.16 bits per heavy atom. The van der Waals surface area contributed by atoms with E-state index in [1.165, 1.54) is 25.1 Å². The molecule has 1 atom stereocenters. The average Bonchev–Trinajstić information content (AvgIpc) is 3.01.